The molecule has 0 spiro atoms. The van der Waals surface area contributed by atoms with Crippen LogP contribution in [0.25, 0.3) is 0 Å². The molecule has 106 valence electrons. The molecule has 3 aliphatic heterocycles. The largest absolute Gasteiger partial charge is 0.331 e. The molecular formula is C14H23N3O2. The van der Waals surface area contributed by atoms with E-state index in [9.17, 15) is 9.59 Å². The molecule has 0 saturated carbocycles. The third-order valence-electron chi connectivity index (χ3n) is 4.79. The van der Waals surface area contributed by atoms with E-state index in [-0.39, 0.29) is 17.9 Å². The van der Waals surface area contributed by atoms with Crippen molar-refractivity contribution in [1.29, 1.82) is 0 Å². The summed E-state index contributed by atoms with van der Waals surface area (Å²) < 4.78 is 0. The van der Waals surface area contributed by atoms with Crippen LogP contribution in [0, 0.1) is 5.92 Å². The van der Waals surface area contributed by atoms with Gasteiger partial charge >= 0.3 is 0 Å². The van der Waals surface area contributed by atoms with Crippen molar-refractivity contribution in [3.63, 3.8) is 0 Å². The van der Waals surface area contributed by atoms with Gasteiger partial charge < -0.3 is 14.7 Å². The molecule has 0 bridgehead atoms. The first-order chi connectivity index (χ1) is 9.19. The highest BCUT2D eigenvalue weighted by Crippen LogP contribution is 2.25. The Bertz CT molecular complexity index is 385. The summed E-state index contributed by atoms with van der Waals surface area (Å²) in [4.78, 5) is 30.5. The minimum atomic E-state index is -0.148. The van der Waals surface area contributed by atoms with Gasteiger partial charge in [-0.2, -0.15) is 0 Å². The zero-order chi connectivity index (χ0) is 13.4. The molecule has 3 saturated heterocycles. The van der Waals surface area contributed by atoms with E-state index in [4.69, 9.17) is 0 Å². The van der Waals surface area contributed by atoms with E-state index in [1.165, 1.54) is 0 Å². The van der Waals surface area contributed by atoms with E-state index in [0.29, 0.717) is 12.5 Å². The van der Waals surface area contributed by atoms with Crippen molar-refractivity contribution in [2.24, 2.45) is 5.92 Å². The SMILES string of the molecule is CCN1CCC(CN2CC(=O)N3CCCC3C2=O)C1. The molecule has 0 N–H and O–H groups in total. The van der Waals surface area contributed by atoms with Gasteiger partial charge in [-0.25, -0.2) is 0 Å². The van der Waals surface area contributed by atoms with Gasteiger partial charge in [-0.05, 0) is 38.3 Å². The number of nitrogens with zero attached hydrogens (tertiary/aromatic N) is 3. The summed E-state index contributed by atoms with van der Waals surface area (Å²) in [5.74, 6) is 0.879. The highest BCUT2D eigenvalue weighted by atomic mass is 16.2. The van der Waals surface area contributed by atoms with Gasteiger partial charge in [0.1, 0.15) is 6.04 Å². The van der Waals surface area contributed by atoms with E-state index < -0.39 is 0 Å². The lowest BCUT2D eigenvalue weighted by atomic mass is 10.1. The minimum absolute atomic E-state index is 0.146. The van der Waals surface area contributed by atoms with Crippen molar-refractivity contribution < 1.29 is 9.59 Å². The number of fused-ring (bicyclic) bond motifs is 1. The third-order valence-corrected chi connectivity index (χ3v) is 4.79. The van der Waals surface area contributed by atoms with Gasteiger partial charge in [0, 0.05) is 19.6 Å². The predicted molar refractivity (Wildman–Crippen MR) is 71.5 cm³/mol. The highest BCUT2D eigenvalue weighted by molar-refractivity contribution is 5.95. The van der Waals surface area contributed by atoms with Crippen molar-refractivity contribution in [2.45, 2.75) is 32.2 Å². The highest BCUT2D eigenvalue weighted by Gasteiger charge is 2.42. The first-order valence-electron chi connectivity index (χ1n) is 7.49. The first kappa shape index (κ1) is 12.9. The lowest BCUT2D eigenvalue weighted by molar-refractivity contribution is -0.154. The molecule has 0 radical (unpaired) electrons. The van der Waals surface area contributed by atoms with Gasteiger partial charge in [-0.1, -0.05) is 6.92 Å². The summed E-state index contributed by atoms with van der Waals surface area (Å²) in [5, 5.41) is 0. The smallest absolute Gasteiger partial charge is 0.245 e. The van der Waals surface area contributed by atoms with Crippen molar-refractivity contribution >= 4 is 11.8 Å². The van der Waals surface area contributed by atoms with E-state index in [0.717, 1.165) is 52.0 Å². The van der Waals surface area contributed by atoms with Crippen LogP contribution in [0.15, 0.2) is 0 Å². The molecular weight excluding hydrogens is 242 g/mol. The standard InChI is InChI=1S/C14H23N3O2/c1-2-15-7-5-11(8-15)9-16-10-13(18)17-6-3-4-12(17)14(16)19/h11-12H,2-10H2,1H3. The number of hydrogen-bond acceptors (Lipinski definition) is 3. The van der Waals surface area contributed by atoms with E-state index >= 15 is 0 Å². The molecule has 5 heteroatoms. The molecule has 0 aromatic heterocycles. The molecule has 3 rings (SSSR count). The van der Waals surface area contributed by atoms with E-state index in [1.54, 1.807) is 4.90 Å². The van der Waals surface area contributed by atoms with E-state index in [1.807, 2.05) is 4.90 Å². The molecule has 3 fully saturated rings. The quantitative estimate of drug-likeness (QED) is 0.730. The maximum absolute atomic E-state index is 12.4. The van der Waals surface area contributed by atoms with Crippen molar-refractivity contribution in [3.8, 4) is 0 Å². The Morgan fingerprint density at radius 3 is 2.79 bits per heavy atom. The lowest BCUT2D eigenvalue weighted by Gasteiger charge is -2.37. The van der Waals surface area contributed by atoms with Crippen LogP contribution >= 0.6 is 0 Å². The molecule has 0 aromatic carbocycles. The topological polar surface area (TPSA) is 43.9 Å². The Balaban J connectivity index is 1.62. The number of rotatable bonds is 3. The second-order valence-electron chi connectivity index (χ2n) is 6.01. The van der Waals surface area contributed by atoms with Crippen LogP contribution in [0.1, 0.15) is 26.2 Å². The number of likely N-dealkylation sites (tertiary alicyclic amines) is 1. The van der Waals surface area contributed by atoms with Crippen LogP contribution in [0.3, 0.4) is 0 Å². The monoisotopic (exact) mass is 265 g/mol. The van der Waals surface area contributed by atoms with Gasteiger partial charge in [-0.3, -0.25) is 9.59 Å². The van der Waals surface area contributed by atoms with Crippen LogP contribution in [0.5, 0.6) is 0 Å². The summed E-state index contributed by atoms with van der Waals surface area (Å²) in [5.41, 5.74) is 0. The van der Waals surface area contributed by atoms with Gasteiger partial charge in [-0.15, -0.1) is 0 Å². The number of amides is 2. The summed E-state index contributed by atoms with van der Waals surface area (Å²) in [7, 11) is 0. The summed E-state index contributed by atoms with van der Waals surface area (Å²) in [6.45, 7) is 7.31. The van der Waals surface area contributed by atoms with Crippen molar-refractivity contribution in [1.82, 2.24) is 14.7 Å². The summed E-state index contributed by atoms with van der Waals surface area (Å²) in [6.07, 6.45) is 2.98. The second kappa shape index (κ2) is 5.12. The molecule has 2 unspecified atom stereocenters. The van der Waals surface area contributed by atoms with Gasteiger partial charge in [0.25, 0.3) is 0 Å². The Labute approximate surface area is 114 Å². The number of carbonyl (C=O) groups excluding carboxylic acids is 2. The minimum Gasteiger partial charge on any atom is -0.331 e. The van der Waals surface area contributed by atoms with Crippen LogP contribution in [0.2, 0.25) is 0 Å². The Morgan fingerprint density at radius 2 is 2.05 bits per heavy atom. The van der Waals surface area contributed by atoms with Crippen molar-refractivity contribution in [3.05, 3.63) is 0 Å². The van der Waals surface area contributed by atoms with Crippen LogP contribution in [-0.4, -0.2) is 71.8 Å². The Morgan fingerprint density at radius 1 is 1.21 bits per heavy atom. The zero-order valence-corrected chi connectivity index (χ0v) is 11.7. The molecule has 5 nitrogen and oxygen atoms in total. The summed E-state index contributed by atoms with van der Waals surface area (Å²) >= 11 is 0. The van der Waals surface area contributed by atoms with Gasteiger partial charge in [0.2, 0.25) is 11.8 Å². The summed E-state index contributed by atoms with van der Waals surface area (Å²) in [6, 6.07) is -0.148. The maximum atomic E-state index is 12.4. The second-order valence-corrected chi connectivity index (χ2v) is 6.01. The Kier molecular flexibility index (Phi) is 3.48. The molecule has 2 amide bonds. The van der Waals surface area contributed by atoms with Gasteiger partial charge in [0.15, 0.2) is 0 Å². The average Bonchev–Trinajstić information content (AvgIpc) is 3.04. The van der Waals surface area contributed by atoms with Crippen LogP contribution < -0.4 is 0 Å². The van der Waals surface area contributed by atoms with Crippen LogP contribution in [-0.2, 0) is 9.59 Å². The molecule has 2 atom stereocenters. The van der Waals surface area contributed by atoms with E-state index in [2.05, 4.69) is 11.8 Å². The Hall–Kier alpha value is -1.10. The van der Waals surface area contributed by atoms with Crippen LogP contribution in [0.4, 0.5) is 0 Å². The number of piperazine rings is 1. The number of hydrogen-bond donors (Lipinski definition) is 0. The first-order valence-corrected chi connectivity index (χ1v) is 7.49. The maximum Gasteiger partial charge on any atom is 0.245 e. The van der Waals surface area contributed by atoms with Crippen molar-refractivity contribution in [2.75, 3.05) is 39.3 Å². The van der Waals surface area contributed by atoms with Gasteiger partial charge in [0.05, 0.1) is 6.54 Å². The lowest BCUT2D eigenvalue weighted by Crippen LogP contribution is -2.58. The molecule has 3 heterocycles. The fraction of sp³-hybridized carbons (Fsp3) is 0.857. The molecule has 0 aromatic rings. The normalized spacial score (nSPS) is 32.3. The average molecular weight is 265 g/mol. The molecule has 3 aliphatic rings. The molecule has 0 aliphatic carbocycles. The fourth-order valence-electron chi connectivity index (χ4n) is 3.68. The molecule has 19 heavy (non-hydrogen) atoms. The predicted octanol–water partition coefficient (Wildman–Crippen LogP) is 0.161. The zero-order valence-electron chi connectivity index (χ0n) is 11.7. The number of carbonyl (C=O) groups is 2. The third kappa shape index (κ3) is 2.36. The fourth-order valence-corrected chi connectivity index (χ4v) is 3.68.